The number of hydrogen-bond acceptors (Lipinski definition) is 4. The average molecular weight is 247 g/mol. The van der Waals surface area contributed by atoms with Gasteiger partial charge in [-0.3, -0.25) is 10.1 Å². The summed E-state index contributed by atoms with van der Waals surface area (Å²) in [4.78, 5) is 14.2. The van der Waals surface area contributed by atoms with Gasteiger partial charge in [-0.2, -0.15) is 0 Å². The van der Waals surface area contributed by atoms with Crippen molar-refractivity contribution in [2.45, 2.75) is 6.92 Å². The molecule has 0 saturated carbocycles. The molecule has 1 heterocycles. The summed E-state index contributed by atoms with van der Waals surface area (Å²) < 4.78 is 13.4. The zero-order chi connectivity index (χ0) is 13.3. The second-order valence-corrected chi connectivity index (χ2v) is 3.80. The van der Waals surface area contributed by atoms with Gasteiger partial charge in [0.25, 0.3) is 5.69 Å². The lowest BCUT2D eigenvalue weighted by Gasteiger charge is -2.06. The number of rotatable bonds is 2. The van der Waals surface area contributed by atoms with E-state index in [2.05, 4.69) is 4.98 Å². The van der Waals surface area contributed by atoms with Crippen LogP contribution in [0.4, 0.5) is 15.9 Å². The Morgan fingerprint density at radius 1 is 1.39 bits per heavy atom. The molecule has 1 aromatic carbocycles. The van der Waals surface area contributed by atoms with Crippen molar-refractivity contribution < 1.29 is 9.31 Å². The molecule has 0 amide bonds. The van der Waals surface area contributed by atoms with Crippen LogP contribution < -0.4 is 5.73 Å². The summed E-state index contributed by atoms with van der Waals surface area (Å²) in [6.07, 6.45) is 0. The monoisotopic (exact) mass is 247 g/mol. The van der Waals surface area contributed by atoms with E-state index in [9.17, 15) is 14.5 Å². The van der Waals surface area contributed by atoms with Gasteiger partial charge < -0.3 is 5.73 Å². The summed E-state index contributed by atoms with van der Waals surface area (Å²) in [6.45, 7) is 1.58. The van der Waals surface area contributed by atoms with Crippen LogP contribution in [-0.4, -0.2) is 9.91 Å². The van der Waals surface area contributed by atoms with E-state index in [1.807, 2.05) is 0 Å². The molecular formula is C12H10FN3O2. The first-order chi connectivity index (χ1) is 8.49. The van der Waals surface area contributed by atoms with Crippen molar-refractivity contribution in [1.82, 2.24) is 4.98 Å². The van der Waals surface area contributed by atoms with E-state index in [0.29, 0.717) is 16.8 Å². The Balaban J connectivity index is 2.64. The predicted octanol–water partition coefficient (Wildman–Crippen LogP) is 2.69. The smallest absolute Gasteiger partial charge is 0.275 e. The van der Waals surface area contributed by atoms with Crippen LogP contribution in [0.25, 0.3) is 11.3 Å². The second-order valence-electron chi connectivity index (χ2n) is 3.80. The number of halogens is 1. The summed E-state index contributed by atoms with van der Waals surface area (Å²) >= 11 is 0. The molecule has 0 saturated heterocycles. The Morgan fingerprint density at radius 3 is 2.78 bits per heavy atom. The standard InChI is InChI=1S/C12H10FN3O2/c1-7-9(3-2-4-10(7)13)11-5-8(16(17)18)6-12(14)15-11/h2-6H,1H3,(H2,14,15). The molecule has 2 N–H and O–H groups in total. The maximum Gasteiger partial charge on any atom is 0.275 e. The first-order valence-electron chi connectivity index (χ1n) is 5.16. The van der Waals surface area contributed by atoms with Crippen LogP contribution >= 0.6 is 0 Å². The van der Waals surface area contributed by atoms with Crippen molar-refractivity contribution in [3.63, 3.8) is 0 Å². The third-order valence-electron chi connectivity index (χ3n) is 2.58. The molecule has 2 aromatic rings. The fraction of sp³-hybridized carbons (Fsp3) is 0.0833. The van der Waals surface area contributed by atoms with Crippen LogP contribution in [0.1, 0.15) is 5.56 Å². The van der Waals surface area contributed by atoms with E-state index in [4.69, 9.17) is 5.73 Å². The van der Waals surface area contributed by atoms with Crippen LogP contribution in [0.2, 0.25) is 0 Å². The summed E-state index contributed by atoms with van der Waals surface area (Å²) in [5.41, 5.74) is 6.51. The summed E-state index contributed by atoms with van der Waals surface area (Å²) in [5.74, 6) is -0.359. The zero-order valence-electron chi connectivity index (χ0n) is 9.55. The van der Waals surface area contributed by atoms with Gasteiger partial charge in [-0.05, 0) is 18.6 Å². The van der Waals surface area contributed by atoms with Gasteiger partial charge >= 0.3 is 0 Å². The van der Waals surface area contributed by atoms with Gasteiger partial charge in [0, 0.05) is 11.6 Å². The third-order valence-corrected chi connectivity index (χ3v) is 2.58. The topological polar surface area (TPSA) is 82.0 Å². The fourth-order valence-corrected chi connectivity index (χ4v) is 1.67. The van der Waals surface area contributed by atoms with Crippen LogP contribution in [-0.2, 0) is 0 Å². The van der Waals surface area contributed by atoms with Crippen LogP contribution in [0.15, 0.2) is 30.3 Å². The Bertz CT molecular complexity index is 629. The molecule has 5 nitrogen and oxygen atoms in total. The highest BCUT2D eigenvalue weighted by Gasteiger charge is 2.13. The minimum Gasteiger partial charge on any atom is -0.383 e. The first kappa shape index (κ1) is 12.0. The molecule has 0 atom stereocenters. The van der Waals surface area contributed by atoms with Crippen molar-refractivity contribution in [3.8, 4) is 11.3 Å². The molecule has 1 aromatic heterocycles. The van der Waals surface area contributed by atoms with Gasteiger partial charge in [0.05, 0.1) is 16.7 Å². The SMILES string of the molecule is Cc1c(F)cccc1-c1cc([N+](=O)[O-])cc(N)n1. The van der Waals surface area contributed by atoms with Gasteiger partial charge in [-0.1, -0.05) is 12.1 Å². The molecule has 0 radical (unpaired) electrons. The van der Waals surface area contributed by atoms with E-state index >= 15 is 0 Å². The molecule has 0 unspecified atom stereocenters. The van der Waals surface area contributed by atoms with Crippen molar-refractivity contribution in [1.29, 1.82) is 0 Å². The van der Waals surface area contributed by atoms with Crippen molar-refractivity contribution >= 4 is 11.5 Å². The number of hydrogen-bond donors (Lipinski definition) is 1. The van der Waals surface area contributed by atoms with E-state index in [0.717, 1.165) is 6.07 Å². The molecule has 0 aliphatic rings. The number of nitrogens with zero attached hydrogens (tertiary/aromatic N) is 2. The van der Waals surface area contributed by atoms with E-state index in [-0.39, 0.29) is 17.3 Å². The number of anilines is 1. The Kier molecular flexibility index (Phi) is 2.93. The highest BCUT2D eigenvalue weighted by molar-refractivity contribution is 5.67. The maximum atomic E-state index is 13.4. The van der Waals surface area contributed by atoms with Crippen molar-refractivity contribution in [3.05, 3.63) is 51.8 Å². The number of nitro groups is 1. The lowest BCUT2D eigenvalue weighted by atomic mass is 10.0. The highest BCUT2D eigenvalue weighted by atomic mass is 19.1. The maximum absolute atomic E-state index is 13.4. The number of pyridine rings is 1. The number of nitrogens with two attached hydrogens (primary N) is 1. The number of aromatic nitrogens is 1. The minimum absolute atomic E-state index is 0.0304. The van der Waals surface area contributed by atoms with Gasteiger partial charge in [0.1, 0.15) is 11.6 Å². The third kappa shape index (κ3) is 2.13. The lowest BCUT2D eigenvalue weighted by molar-refractivity contribution is -0.384. The van der Waals surface area contributed by atoms with Gasteiger partial charge in [0.15, 0.2) is 0 Å². The second kappa shape index (κ2) is 4.40. The molecule has 92 valence electrons. The van der Waals surface area contributed by atoms with E-state index in [1.54, 1.807) is 13.0 Å². The lowest BCUT2D eigenvalue weighted by Crippen LogP contribution is -1.98. The Hall–Kier alpha value is -2.50. The summed E-state index contributed by atoms with van der Waals surface area (Å²) in [6, 6.07) is 6.92. The van der Waals surface area contributed by atoms with E-state index in [1.165, 1.54) is 18.2 Å². The number of benzene rings is 1. The van der Waals surface area contributed by atoms with E-state index < -0.39 is 4.92 Å². The quantitative estimate of drug-likeness (QED) is 0.653. The minimum atomic E-state index is -0.559. The molecule has 0 bridgehead atoms. The van der Waals surface area contributed by atoms with Crippen LogP contribution in [0.5, 0.6) is 0 Å². The molecule has 0 spiro atoms. The fourth-order valence-electron chi connectivity index (χ4n) is 1.67. The average Bonchev–Trinajstić information content (AvgIpc) is 2.31. The molecule has 6 heteroatoms. The summed E-state index contributed by atoms with van der Waals surface area (Å²) in [5, 5.41) is 10.7. The summed E-state index contributed by atoms with van der Waals surface area (Å²) in [7, 11) is 0. The molecule has 0 aliphatic carbocycles. The molecule has 0 aliphatic heterocycles. The van der Waals surface area contributed by atoms with Crippen LogP contribution in [0, 0.1) is 22.9 Å². The zero-order valence-corrected chi connectivity index (χ0v) is 9.55. The Morgan fingerprint density at radius 2 is 2.11 bits per heavy atom. The normalized spacial score (nSPS) is 10.3. The molecule has 18 heavy (non-hydrogen) atoms. The highest BCUT2D eigenvalue weighted by Crippen LogP contribution is 2.27. The first-order valence-corrected chi connectivity index (χ1v) is 5.16. The van der Waals surface area contributed by atoms with Gasteiger partial charge in [-0.25, -0.2) is 9.37 Å². The van der Waals surface area contributed by atoms with Gasteiger partial charge in [-0.15, -0.1) is 0 Å². The van der Waals surface area contributed by atoms with Gasteiger partial charge in [0.2, 0.25) is 0 Å². The predicted molar refractivity (Wildman–Crippen MR) is 65.4 cm³/mol. The largest absolute Gasteiger partial charge is 0.383 e. The molecule has 2 rings (SSSR count). The number of nitrogen functional groups attached to an aromatic ring is 1. The van der Waals surface area contributed by atoms with Crippen LogP contribution in [0.3, 0.4) is 0 Å². The van der Waals surface area contributed by atoms with Crippen molar-refractivity contribution in [2.24, 2.45) is 0 Å². The molecular weight excluding hydrogens is 237 g/mol. The van der Waals surface area contributed by atoms with Crippen molar-refractivity contribution in [2.75, 3.05) is 5.73 Å². The molecule has 0 fully saturated rings. The Labute approximate surface area is 102 Å².